The van der Waals surface area contributed by atoms with Crippen molar-refractivity contribution in [2.75, 3.05) is 44.2 Å². The first-order valence-corrected chi connectivity index (χ1v) is 12.3. The van der Waals surface area contributed by atoms with E-state index in [1.165, 1.54) is 6.07 Å². The molecular formula is C23H25N5O3S. The molecule has 8 nitrogen and oxygen atoms in total. The van der Waals surface area contributed by atoms with Gasteiger partial charge < -0.3 is 4.90 Å². The summed E-state index contributed by atoms with van der Waals surface area (Å²) in [5.74, 6) is 0.568. The fourth-order valence-electron chi connectivity index (χ4n) is 4.47. The molecule has 0 N–H and O–H groups in total. The quantitative estimate of drug-likeness (QED) is 0.532. The second kappa shape index (κ2) is 8.48. The lowest BCUT2D eigenvalue weighted by atomic mass is 10.2. The molecule has 5 rings (SSSR count). The van der Waals surface area contributed by atoms with Gasteiger partial charge in [0.05, 0.1) is 5.56 Å². The van der Waals surface area contributed by atoms with Crippen molar-refractivity contribution in [1.82, 2.24) is 19.2 Å². The van der Waals surface area contributed by atoms with Crippen molar-refractivity contribution in [1.29, 1.82) is 0 Å². The number of anilines is 1. The van der Waals surface area contributed by atoms with Crippen LogP contribution in [0.3, 0.4) is 0 Å². The summed E-state index contributed by atoms with van der Waals surface area (Å²) in [5, 5.41) is 2.21. The van der Waals surface area contributed by atoms with Crippen molar-refractivity contribution in [2.45, 2.75) is 17.7 Å². The lowest BCUT2D eigenvalue weighted by molar-refractivity contribution is 0.0868. The largest absolute Gasteiger partial charge is 0.353 e. The van der Waals surface area contributed by atoms with Crippen molar-refractivity contribution >= 4 is 32.5 Å². The fourth-order valence-corrected chi connectivity index (χ4v) is 6.08. The van der Waals surface area contributed by atoms with E-state index in [0.717, 1.165) is 60.0 Å². The number of hydrogen-bond donors (Lipinski definition) is 0. The number of piperazine rings is 1. The summed E-state index contributed by atoms with van der Waals surface area (Å²) in [5.41, 5.74) is 0.279. The Balaban J connectivity index is 1.12. The molecule has 1 amide bonds. The molecule has 0 saturated carbocycles. The van der Waals surface area contributed by atoms with E-state index in [1.54, 1.807) is 24.4 Å². The molecular weight excluding hydrogens is 426 g/mol. The average Bonchev–Trinajstić information content (AvgIpc) is 3.02. The third kappa shape index (κ3) is 3.71. The number of amides is 1. The number of rotatable bonds is 6. The molecule has 0 aliphatic carbocycles. The molecule has 2 aliphatic heterocycles. The lowest BCUT2D eigenvalue weighted by Gasteiger charge is -2.35. The summed E-state index contributed by atoms with van der Waals surface area (Å²) >= 11 is 0. The molecule has 1 fully saturated rings. The Morgan fingerprint density at radius 1 is 0.906 bits per heavy atom. The van der Waals surface area contributed by atoms with E-state index in [1.807, 2.05) is 24.5 Å². The predicted octanol–water partition coefficient (Wildman–Crippen LogP) is 2.38. The molecule has 2 aromatic heterocycles. The van der Waals surface area contributed by atoms with Crippen molar-refractivity contribution in [3.05, 3.63) is 60.6 Å². The van der Waals surface area contributed by atoms with E-state index in [-0.39, 0.29) is 17.0 Å². The Labute approximate surface area is 187 Å². The van der Waals surface area contributed by atoms with Crippen LogP contribution in [0.15, 0.2) is 59.9 Å². The molecule has 0 unspecified atom stereocenters. The fraction of sp³-hybridized carbons (Fsp3) is 0.348. The Morgan fingerprint density at radius 2 is 1.66 bits per heavy atom. The average molecular weight is 452 g/mol. The van der Waals surface area contributed by atoms with Gasteiger partial charge >= 0.3 is 0 Å². The van der Waals surface area contributed by atoms with E-state index in [4.69, 9.17) is 0 Å². The summed E-state index contributed by atoms with van der Waals surface area (Å²) in [4.78, 5) is 26.1. The van der Waals surface area contributed by atoms with Crippen LogP contribution in [0.1, 0.15) is 23.2 Å². The van der Waals surface area contributed by atoms with E-state index in [2.05, 4.69) is 19.8 Å². The van der Waals surface area contributed by atoms with Crippen LogP contribution in [0, 0.1) is 0 Å². The van der Waals surface area contributed by atoms with Crippen molar-refractivity contribution < 1.29 is 13.2 Å². The van der Waals surface area contributed by atoms with Crippen LogP contribution in [0.4, 0.5) is 5.82 Å². The smallest absolute Gasteiger partial charge is 0.269 e. The minimum absolute atomic E-state index is 0.123. The summed E-state index contributed by atoms with van der Waals surface area (Å²) in [7, 11) is -3.71. The zero-order valence-electron chi connectivity index (χ0n) is 17.7. The van der Waals surface area contributed by atoms with Gasteiger partial charge in [0.2, 0.25) is 0 Å². The minimum Gasteiger partial charge on any atom is -0.353 e. The highest BCUT2D eigenvalue weighted by atomic mass is 32.2. The van der Waals surface area contributed by atoms with Gasteiger partial charge in [-0.25, -0.2) is 17.7 Å². The van der Waals surface area contributed by atoms with Crippen molar-refractivity contribution in [3.63, 3.8) is 0 Å². The van der Waals surface area contributed by atoms with E-state index >= 15 is 0 Å². The van der Waals surface area contributed by atoms with E-state index < -0.39 is 15.9 Å². The second-order valence-corrected chi connectivity index (χ2v) is 9.98. The summed E-state index contributed by atoms with van der Waals surface area (Å²) in [6.45, 7) is 4.72. The van der Waals surface area contributed by atoms with Crippen LogP contribution in [0.5, 0.6) is 0 Å². The number of unbranched alkanes of at least 4 members (excludes halogenated alkanes) is 1. The van der Waals surface area contributed by atoms with Crippen LogP contribution in [-0.4, -0.2) is 72.8 Å². The van der Waals surface area contributed by atoms with Gasteiger partial charge in [0, 0.05) is 56.7 Å². The van der Waals surface area contributed by atoms with Gasteiger partial charge in [-0.1, -0.05) is 12.1 Å². The predicted molar refractivity (Wildman–Crippen MR) is 122 cm³/mol. The first-order valence-electron chi connectivity index (χ1n) is 10.9. The van der Waals surface area contributed by atoms with E-state index in [9.17, 15) is 13.2 Å². The van der Waals surface area contributed by atoms with Gasteiger partial charge in [-0.05, 0) is 49.0 Å². The summed E-state index contributed by atoms with van der Waals surface area (Å²) in [6.07, 6.45) is 7.00. The number of sulfonamides is 1. The molecule has 2 aliphatic rings. The van der Waals surface area contributed by atoms with Gasteiger partial charge in [0.1, 0.15) is 10.7 Å². The standard InChI is InChI=1S/C23H25N5O3S/c29-23-19-5-1-2-6-21(19)32(30,31)28(23)12-4-3-11-26-13-15-27(16-14-26)22-20-17-24-9-7-18(20)8-10-25-22/h1-2,5-10,17H,3-4,11-16H2. The van der Waals surface area contributed by atoms with Crippen LogP contribution < -0.4 is 4.90 Å². The number of hydrogen-bond acceptors (Lipinski definition) is 7. The topological polar surface area (TPSA) is 86.7 Å². The molecule has 1 saturated heterocycles. The Bertz CT molecular complexity index is 1250. The highest BCUT2D eigenvalue weighted by molar-refractivity contribution is 7.90. The number of fused-ring (bicyclic) bond motifs is 2. The number of carbonyl (C=O) groups is 1. The zero-order chi connectivity index (χ0) is 22.1. The first kappa shape index (κ1) is 20.8. The minimum atomic E-state index is -3.71. The number of nitrogens with zero attached hydrogens (tertiary/aromatic N) is 5. The molecule has 0 bridgehead atoms. The molecule has 4 heterocycles. The van der Waals surface area contributed by atoms with Crippen molar-refractivity contribution in [2.24, 2.45) is 0 Å². The van der Waals surface area contributed by atoms with Crippen molar-refractivity contribution in [3.8, 4) is 0 Å². The van der Waals surface area contributed by atoms with Crippen LogP contribution in [0.2, 0.25) is 0 Å². The highest BCUT2D eigenvalue weighted by Crippen LogP contribution is 2.30. The monoisotopic (exact) mass is 451 g/mol. The molecule has 3 aromatic rings. The molecule has 9 heteroatoms. The maximum atomic E-state index is 12.6. The molecule has 0 atom stereocenters. The van der Waals surface area contributed by atoms with E-state index in [0.29, 0.717) is 6.42 Å². The number of aromatic nitrogens is 2. The first-order chi connectivity index (χ1) is 15.6. The third-order valence-electron chi connectivity index (χ3n) is 6.22. The Kier molecular flexibility index (Phi) is 5.52. The maximum absolute atomic E-state index is 12.6. The lowest BCUT2D eigenvalue weighted by Crippen LogP contribution is -2.47. The molecule has 0 radical (unpaired) electrons. The van der Waals surface area contributed by atoms with Gasteiger partial charge in [-0.3, -0.25) is 14.7 Å². The third-order valence-corrected chi connectivity index (χ3v) is 8.06. The van der Waals surface area contributed by atoms with Gasteiger partial charge in [-0.2, -0.15) is 0 Å². The summed E-state index contributed by atoms with van der Waals surface area (Å²) in [6, 6.07) is 10.4. The SMILES string of the molecule is O=C1c2ccccc2S(=O)(=O)N1CCCCN1CCN(c2nccc3ccncc23)CC1. The van der Waals surface area contributed by atoms with Gasteiger partial charge in [-0.15, -0.1) is 0 Å². The summed E-state index contributed by atoms with van der Waals surface area (Å²) < 4.78 is 26.3. The molecule has 166 valence electrons. The second-order valence-electron chi connectivity index (χ2n) is 8.15. The maximum Gasteiger partial charge on any atom is 0.269 e. The number of carbonyl (C=O) groups excluding carboxylic acids is 1. The highest BCUT2D eigenvalue weighted by Gasteiger charge is 2.40. The Hall–Kier alpha value is -3.04. The molecule has 32 heavy (non-hydrogen) atoms. The van der Waals surface area contributed by atoms with Crippen LogP contribution in [-0.2, 0) is 10.0 Å². The van der Waals surface area contributed by atoms with Crippen LogP contribution in [0.25, 0.3) is 10.8 Å². The number of pyridine rings is 2. The van der Waals surface area contributed by atoms with Gasteiger partial charge in [0.15, 0.2) is 0 Å². The van der Waals surface area contributed by atoms with Gasteiger partial charge in [0.25, 0.3) is 15.9 Å². The molecule has 1 aromatic carbocycles. The Morgan fingerprint density at radius 3 is 2.47 bits per heavy atom. The van der Waals surface area contributed by atoms with Crippen LogP contribution >= 0.6 is 0 Å². The number of benzene rings is 1. The zero-order valence-corrected chi connectivity index (χ0v) is 18.5. The normalized spacial score (nSPS) is 18.3. The molecule has 0 spiro atoms.